The third kappa shape index (κ3) is 14.2. The monoisotopic (exact) mass is 599 g/mol. The van der Waals surface area contributed by atoms with Crippen molar-refractivity contribution in [2.24, 2.45) is 11.8 Å². The molecule has 0 saturated carbocycles. The van der Waals surface area contributed by atoms with E-state index in [4.69, 9.17) is 9.47 Å². The summed E-state index contributed by atoms with van der Waals surface area (Å²) in [4.78, 5) is 86.9. The Hall–Kier alpha value is -3.79. The van der Waals surface area contributed by atoms with E-state index in [1.54, 1.807) is 34.6 Å². The molecular weight excluding hydrogens is 554 g/mol. The second-order valence-electron chi connectivity index (χ2n) is 10.3. The summed E-state index contributed by atoms with van der Waals surface area (Å²) in [6.45, 7) is 7.52. The zero-order valence-electron chi connectivity index (χ0n) is 24.9. The van der Waals surface area contributed by atoms with Crippen LogP contribution in [0.25, 0.3) is 0 Å². The van der Waals surface area contributed by atoms with Gasteiger partial charge in [-0.05, 0) is 18.3 Å². The standard InChI is InChI=1S/C26H45N7O9/c1-6-17-24(38)30-12-19(35)28-11-18(34)29-13-20(36)32-23(16(4)5)26(40)33-22(15(2)3)25(39)27-7-8-41-9-10-42-14-21(37)31-17/h15-17,22-23H,6-14H2,1-5H3,(H,27,39)(H,28,35)(H,29,34)(H,30,38)(H,31,37)(H,32,36)(H,33,40)/t17-,22-,23-/m0/s1. The fraction of sp³-hybridized carbons (Fsp3) is 0.731. The molecule has 1 fully saturated rings. The molecule has 0 unspecified atom stereocenters. The van der Waals surface area contributed by atoms with Crippen LogP contribution in [0.1, 0.15) is 41.0 Å². The van der Waals surface area contributed by atoms with Gasteiger partial charge in [-0.1, -0.05) is 34.6 Å². The van der Waals surface area contributed by atoms with Gasteiger partial charge in [0.15, 0.2) is 0 Å². The third-order valence-corrected chi connectivity index (χ3v) is 6.04. The van der Waals surface area contributed by atoms with Gasteiger partial charge in [-0.25, -0.2) is 0 Å². The topological polar surface area (TPSA) is 222 Å². The van der Waals surface area contributed by atoms with E-state index >= 15 is 0 Å². The lowest BCUT2D eigenvalue weighted by molar-refractivity contribution is -0.134. The van der Waals surface area contributed by atoms with E-state index < -0.39 is 79.1 Å². The number of hydrogen-bond acceptors (Lipinski definition) is 9. The molecule has 0 aromatic rings. The summed E-state index contributed by atoms with van der Waals surface area (Å²) in [7, 11) is 0. The molecule has 7 amide bonds. The molecule has 16 nitrogen and oxygen atoms in total. The van der Waals surface area contributed by atoms with Crippen molar-refractivity contribution in [3.8, 4) is 0 Å². The maximum absolute atomic E-state index is 13.0. The second kappa shape index (κ2) is 19.4. The lowest BCUT2D eigenvalue weighted by Gasteiger charge is -2.27. The Morgan fingerprint density at radius 3 is 1.74 bits per heavy atom. The molecule has 16 heteroatoms. The van der Waals surface area contributed by atoms with E-state index in [0.29, 0.717) is 0 Å². The summed E-state index contributed by atoms with van der Waals surface area (Å²) in [5.74, 6) is -4.69. The minimum atomic E-state index is -0.981. The number of ether oxygens (including phenoxy) is 2. The molecule has 42 heavy (non-hydrogen) atoms. The molecule has 1 rings (SSSR count). The van der Waals surface area contributed by atoms with Crippen molar-refractivity contribution in [3.05, 3.63) is 0 Å². The average Bonchev–Trinajstić information content (AvgIpc) is 2.94. The van der Waals surface area contributed by atoms with Gasteiger partial charge in [-0.3, -0.25) is 33.6 Å². The van der Waals surface area contributed by atoms with Crippen LogP contribution in [0.3, 0.4) is 0 Å². The van der Waals surface area contributed by atoms with E-state index in [9.17, 15) is 33.6 Å². The Labute approximate surface area is 245 Å². The molecule has 3 atom stereocenters. The molecule has 0 bridgehead atoms. The van der Waals surface area contributed by atoms with Crippen LogP contribution in [0.4, 0.5) is 0 Å². The smallest absolute Gasteiger partial charge is 0.246 e. The fourth-order valence-electron chi connectivity index (χ4n) is 3.64. The lowest BCUT2D eigenvalue weighted by Crippen LogP contribution is -2.58. The first-order chi connectivity index (χ1) is 19.8. The SMILES string of the molecule is CC[C@@H]1NC(=O)COCCOCCNC(=O)[C@H](C(C)C)NC(=O)[C@H](C(C)C)NC(=O)CNC(=O)CNC(=O)CNC1=O. The summed E-state index contributed by atoms with van der Waals surface area (Å²) in [6.07, 6.45) is 0.259. The van der Waals surface area contributed by atoms with Crippen molar-refractivity contribution >= 4 is 41.4 Å². The summed E-state index contributed by atoms with van der Waals surface area (Å²) in [5, 5.41) is 17.5. The van der Waals surface area contributed by atoms with Crippen LogP contribution in [0.15, 0.2) is 0 Å². The molecular formula is C26H45N7O9. The van der Waals surface area contributed by atoms with Crippen molar-refractivity contribution in [2.45, 2.75) is 59.2 Å². The summed E-state index contributed by atoms with van der Waals surface area (Å²) >= 11 is 0. The zero-order valence-corrected chi connectivity index (χ0v) is 24.9. The van der Waals surface area contributed by atoms with Crippen molar-refractivity contribution < 1.29 is 43.0 Å². The Balaban J connectivity index is 2.89. The molecule has 238 valence electrons. The van der Waals surface area contributed by atoms with Gasteiger partial charge in [0.05, 0.1) is 39.5 Å². The number of carbonyl (C=O) groups excluding carboxylic acids is 7. The van der Waals surface area contributed by atoms with Crippen molar-refractivity contribution in [1.82, 2.24) is 37.2 Å². The fourth-order valence-corrected chi connectivity index (χ4v) is 3.64. The van der Waals surface area contributed by atoms with Gasteiger partial charge in [0.25, 0.3) is 0 Å². The van der Waals surface area contributed by atoms with Gasteiger partial charge in [-0.2, -0.15) is 0 Å². The second-order valence-corrected chi connectivity index (χ2v) is 10.3. The first-order valence-corrected chi connectivity index (χ1v) is 14.0. The molecule has 0 radical (unpaired) electrons. The minimum Gasteiger partial charge on any atom is -0.377 e. The van der Waals surface area contributed by atoms with Crippen molar-refractivity contribution in [1.29, 1.82) is 0 Å². The molecule has 1 aliphatic heterocycles. The van der Waals surface area contributed by atoms with Crippen LogP contribution in [0.5, 0.6) is 0 Å². The summed E-state index contributed by atoms with van der Waals surface area (Å²) in [5.41, 5.74) is 0. The minimum absolute atomic E-state index is 0.0884. The van der Waals surface area contributed by atoms with Gasteiger partial charge >= 0.3 is 0 Å². The van der Waals surface area contributed by atoms with Gasteiger partial charge < -0.3 is 46.7 Å². The van der Waals surface area contributed by atoms with Crippen LogP contribution in [0.2, 0.25) is 0 Å². The molecule has 1 saturated heterocycles. The van der Waals surface area contributed by atoms with Gasteiger partial charge in [-0.15, -0.1) is 0 Å². The van der Waals surface area contributed by atoms with Crippen molar-refractivity contribution in [3.63, 3.8) is 0 Å². The molecule has 0 spiro atoms. The first kappa shape index (κ1) is 36.2. The molecule has 0 aromatic carbocycles. The normalized spacial score (nSPS) is 24.4. The van der Waals surface area contributed by atoms with E-state index in [-0.39, 0.29) is 51.2 Å². The Bertz CT molecular complexity index is 958. The highest BCUT2D eigenvalue weighted by atomic mass is 16.5. The van der Waals surface area contributed by atoms with Crippen LogP contribution >= 0.6 is 0 Å². The van der Waals surface area contributed by atoms with Crippen LogP contribution in [0, 0.1) is 11.8 Å². The van der Waals surface area contributed by atoms with Gasteiger partial charge in [0.2, 0.25) is 41.4 Å². The highest BCUT2D eigenvalue weighted by Gasteiger charge is 2.30. The average molecular weight is 600 g/mol. The molecule has 7 N–H and O–H groups in total. The van der Waals surface area contributed by atoms with E-state index in [1.807, 2.05) is 0 Å². The predicted molar refractivity (Wildman–Crippen MR) is 149 cm³/mol. The number of hydrogen-bond donors (Lipinski definition) is 7. The quantitative estimate of drug-likeness (QED) is 0.172. The van der Waals surface area contributed by atoms with E-state index in [1.165, 1.54) is 0 Å². The highest BCUT2D eigenvalue weighted by Crippen LogP contribution is 2.07. The summed E-state index contributed by atoms with van der Waals surface area (Å²) in [6, 6.07) is -2.76. The molecule has 0 aliphatic carbocycles. The van der Waals surface area contributed by atoms with Gasteiger partial charge in [0, 0.05) is 6.54 Å². The molecule has 1 aliphatic rings. The zero-order chi connectivity index (χ0) is 31.7. The molecule has 1 heterocycles. The highest BCUT2D eigenvalue weighted by molar-refractivity contribution is 5.94. The lowest BCUT2D eigenvalue weighted by atomic mass is 9.99. The van der Waals surface area contributed by atoms with Gasteiger partial charge in [0.1, 0.15) is 24.7 Å². The largest absolute Gasteiger partial charge is 0.377 e. The van der Waals surface area contributed by atoms with Crippen molar-refractivity contribution in [2.75, 3.05) is 52.6 Å². The van der Waals surface area contributed by atoms with Crippen LogP contribution in [-0.4, -0.2) is 112 Å². The Morgan fingerprint density at radius 2 is 1.14 bits per heavy atom. The van der Waals surface area contributed by atoms with E-state index in [0.717, 1.165) is 0 Å². The summed E-state index contributed by atoms with van der Waals surface area (Å²) < 4.78 is 10.7. The molecule has 0 aromatic heterocycles. The first-order valence-electron chi connectivity index (χ1n) is 14.0. The maximum atomic E-state index is 13.0. The number of nitrogens with one attached hydrogen (secondary N) is 7. The predicted octanol–water partition coefficient (Wildman–Crippen LogP) is -3.33. The van der Waals surface area contributed by atoms with Crippen LogP contribution < -0.4 is 37.2 Å². The van der Waals surface area contributed by atoms with E-state index in [2.05, 4.69) is 37.2 Å². The number of rotatable bonds is 3. The Morgan fingerprint density at radius 1 is 0.595 bits per heavy atom. The number of carbonyl (C=O) groups is 7. The number of amides is 7. The maximum Gasteiger partial charge on any atom is 0.246 e. The third-order valence-electron chi connectivity index (χ3n) is 6.04. The Kier molecular flexibility index (Phi) is 16.7. The van der Waals surface area contributed by atoms with Crippen LogP contribution in [-0.2, 0) is 43.0 Å².